The Kier molecular flexibility index (Phi) is 7.47. The standard InChI is InChI=1S/C28H31NO8/c1-37-19-7-3-15(4-8-19)2-5-16-6-9-21(31)25-20(16)13-17-12-18(10-11-30)28(36,22(32)14-23(29)33)27(35)24(17)26(25)34/h3-4,6-9,17-18,24,30-31,36H,2,5,10-14H2,1H3,(H2,29,33)/t17-,18-,24?,28-/m1/s1. The number of primary amides is 1. The molecule has 9 nitrogen and oxygen atoms in total. The number of nitrogens with two attached hydrogens (primary N) is 1. The third kappa shape index (κ3) is 4.76. The van der Waals surface area contributed by atoms with Gasteiger partial charge in [0.25, 0.3) is 0 Å². The highest BCUT2D eigenvalue weighted by atomic mass is 16.5. The van der Waals surface area contributed by atoms with Gasteiger partial charge in [-0.3, -0.25) is 19.2 Å². The van der Waals surface area contributed by atoms with Crippen molar-refractivity contribution in [3.8, 4) is 11.5 Å². The molecule has 1 unspecified atom stereocenters. The number of aliphatic hydroxyl groups excluding tert-OH is 1. The summed E-state index contributed by atoms with van der Waals surface area (Å²) >= 11 is 0. The number of methoxy groups -OCH3 is 1. The van der Waals surface area contributed by atoms with E-state index in [-0.39, 0.29) is 30.8 Å². The summed E-state index contributed by atoms with van der Waals surface area (Å²) in [5, 5.41) is 31.4. The fourth-order valence-electron chi connectivity index (χ4n) is 5.91. The van der Waals surface area contributed by atoms with Crippen LogP contribution in [0.4, 0.5) is 0 Å². The normalized spacial score (nSPS) is 24.8. The molecule has 5 N–H and O–H groups in total. The summed E-state index contributed by atoms with van der Waals surface area (Å²) in [6.45, 7) is -0.389. The minimum absolute atomic E-state index is 0.0344. The Morgan fingerprint density at radius 3 is 2.43 bits per heavy atom. The number of hydrogen-bond acceptors (Lipinski definition) is 8. The van der Waals surface area contributed by atoms with Crippen molar-refractivity contribution in [1.29, 1.82) is 0 Å². The molecule has 0 bridgehead atoms. The van der Waals surface area contributed by atoms with Gasteiger partial charge in [-0.2, -0.15) is 0 Å². The first kappa shape index (κ1) is 26.5. The number of rotatable bonds is 9. The van der Waals surface area contributed by atoms with Crippen molar-refractivity contribution >= 4 is 23.3 Å². The number of hydrogen-bond donors (Lipinski definition) is 4. The quantitative estimate of drug-likeness (QED) is 0.367. The van der Waals surface area contributed by atoms with Crippen LogP contribution in [-0.2, 0) is 33.6 Å². The maximum absolute atomic E-state index is 13.6. The molecule has 2 aromatic rings. The molecule has 0 spiro atoms. The molecular formula is C28H31NO8. The van der Waals surface area contributed by atoms with Gasteiger partial charge in [0.2, 0.25) is 5.91 Å². The first-order valence-electron chi connectivity index (χ1n) is 12.3. The van der Waals surface area contributed by atoms with Crippen molar-refractivity contribution in [2.45, 2.75) is 44.1 Å². The Labute approximate surface area is 214 Å². The maximum atomic E-state index is 13.6. The van der Waals surface area contributed by atoms with Crippen molar-refractivity contribution in [3.05, 3.63) is 58.7 Å². The number of ketones is 3. The van der Waals surface area contributed by atoms with Crippen LogP contribution in [0.5, 0.6) is 11.5 Å². The van der Waals surface area contributed by atoms with Crippen LogP contribution < -0.4 is 10.5 Å². The van der Waals surface area contributed by atoms with Crippen molar-refractivity contribution in [3.63, 3.8) is 0 Å². The van der Waals surface area contributed by atoms with Crippen molar-refractivity contribution < 1.29 is 39.2 Å². The maximum Gasteiger partial charge on any atom is 0.225 e. The molecule has 0 heterocycles. The van der Waals surface area contributed by atoms with Gasteiger partial charge < -0.3 is 25.8 Å². The molecule has 4 rings (SSSR count). The van der Waals surface area contributed by atoms with E-state index in [0.717, 1.165) is 16.9 Å². The van der Waals surface area contributed by atoms with Crippen molar-refractivity contribution in [1.82, 2.24) is 0 Å². The molecule has 37 heavy (non-hydrogen) atoms. The highest BCUT2D eigenvalue weighted by Crippen LogP contribution is 2.48. The van der Waals surface area contributed by atoms with Crippen LogP contribution in [-0.4, -0.2) is 57.9 Å². The topological polar surface area (TPSA) is 164 Å². The number of carbonyl (C=O) groups excluding carboxylic acids is 4. The van der Waals surface area contributed by atoms with Gasteiger partial charge in [0.1, 0.15) is 11.5 Å². The van der Waals surface area contributed by atoms with Gasteiger partial charge in [-0.25, -0.2) is 0 Å². The average Bonchev–Trinajstić information content (AvgIpc) is 2.86. The van der Waals surface area contributed by atoms with E-state index in [9.17, 15) is 34.5 Å². The zero-order valence-electron chi connectivity index (χ0n) is 20.6. The second kappa shape index (κ2) is 10.4. The molecular weight excluding hydrogens is 478 g/mol. The second-order valence-corrected chi connectivity index (χ2v) is 9.89. The lowest BCUT2D eigenvalue weighted by molar-refractivity contribution is -0.167. The highest BCUT2D eigenvalue weighted by Gasteiger charge is 2.60. The molecule has 196 valence electrons. The second-order valence-electron chi connectivity index (χ2n) is 9.89. The Balaban J connectivity index is 1.67. The molecule has 2 aromatic carbocycles. The Hall–Kier alpha value is -3.56. The largest absolute Gasteiger partial charge is 0.507 e. The lowest BCUT2D eigenvalue weighted by Gasteiger charge is -2.46. The smallest absolute Gasteiger partial charge is 0.225 e. The summed E-state index contributed by atoms with van der Waals surface area (Å²) < 4.78 is 5.19. The number of aromatic hydroxyl groups is 1. The molecule has 4 atom stereocenters. The number of phenols is 1. The van der Waals surface area contributed by atoms with Crippen LogP contribution in [0, 0.1) is 17.8 Å². The molecule has 2 aliphatic carbocycles. The van der Waals surface area contributed by atoms with Crippen LogP contribution in [0.25, 0.3) is 0 Å². The number of benzene rings is 2. The van der Waals surface area contributed by atoms with E-state index in [0.29, 0.717) is 24.8 Å². The number of amides is 1. The SMILES string of the molecule is COc1ccc(CCc2ccc(O)c3c2C[C@H]2C[C@@H](CCO)[C@@](O)(C(=O)CC(N)=O)C(=O)C2C3=O)cc1. The number of phenolic OH excluding ortho intramolecular Hbond substituents is 1. The van der Waals surface area contributed by atoms with Gasteiger partial charge in [0.05, 0.1) is 25.0 Å². The van der Waals surface area contributed by atoms with Gasteiger partial charge in [0.15, 0.2) is 23.0 Å². The Morgan fingerprint density at radius 1 is 1.11 bits per heavy atom. The van der Waals surface area contributed by atoms with E-state index in [4.69, 9.17) is 10.5 Å². The molecule has 0 saturated heterocycles. The number of carbonyl (C=O) groups is 4. The van der Waals surface area contributed by atoms with E-state index in [1.54, 1.807) is 13.2 Å². The lowest BCUT2D eigenvalue weighted by Crippen LogP contribution is -2.63. The minimum atomic E-state index is -2.60. The summed E-state index contributed by atoms with van der Waals surface area (Å²) in [5.74, 6) is -6.06. The minimum Gasteiger partial charge on any atom is -0.507 e. The monoisotopic (exact) mass is 509 g/mol. The molecule has 9 heteroatoms. The van der Waals surface area contributed by atoms with E-state index < -0.39 is 53.0 Å². The molecule has 0 aliphatic heterocycles. The third-order valence-electron chi connectivity index (χ3n) is 7.77. The summed E-state index contributed by atoms with van der Waals surface area (Å²) in [6.07, 6.45) is 0.780. The molecule has 0 aromatic heterocycles. The Bertz CT molecular complexity index is 1240. The van der Waals surface area contributed by atoms with Gasteiger partial charge in [-0.1, -0.05) is 18.2 Å². The van der Waals surface area contributed by atoms with Crippen molar-refractivity contribution in [2.24, 2.45) is 23.5 Å². The zero-order chi connectivity index (χ0) is 26.9. The Morgan fingerprint density at radius 2 is 1.81 bits per heavy atom. The lowest BCUT2D eigenvalue weighted by atomic mass is 9.57. The number of fused-ring (bicyclic) bond motifs is 2. The van der Waals surface area contributed by atoms with Gasteiger partial charge in [-0.05, 0) is 72.9 Å². The first-order chi connectivity index (χ1) is 17.6. The number of Topliss-reactive ketones (excluding diaryl/α,β-unsaturated/α-hetero) is 3. The predicted octanol–water partition coefficient (Wildman–Crippen LogP) is 1.30. The van der Waals surface area contributed by atoms with E-state index in [2.05, 4.69) is 0 Å². The first-order valence-corrected chi connectivity index (χ1v) is 12.3. The van der Waals surface area contributed by atoms with Gasteiger partial charge in [0, 0.05) is 12.5 Å². The van der Waals surface area contributed by atoms with Crippen LogP contribution in [0.1, 0.15) is 46.3 Å². The number of aryl methyl sites for hydroxylation is 2. The van der Waals surface area contributed by atoms with E-state index >= 15 is 0 Å². The zero-order valence-corrected chi connectivity index (χ0v) is 20.6. The summed E-state index contributed by atoms with van der Waals surface area (Å²) in [4.78, 5) is 51.4. The molecule has 1 fully saturated rings. The number of aliphatic hydroxyl groups is 2. The van der Waals surface area contributed by atoms with Crippen LogP contribution >= 0.6 is 0 Å². The van der Waals surface area contributed by atoms with Gasteiger partial charge >= 0.3 is 0 Å². The van der Waals surface area contributed by atoms with Crippen LogP contribution in [0.15, 0.2) is 36.4 Å². The molecule has 1 saturated carbocycles. The fraction of sp³-hybridized carbons (Fsp3) is 0.429. The number of ether oxygens (including phenoxy) is 1. The van der Waals surface area contributed by atoms with Crippen molar-refractivity contribution in [2.75, 3.05) is 13.7 Å². The summed E-state index contributed by atoms with van der Waals surface area (Å²) in [6, 6.07) is 10.8. The third-order valence-corrected chi connectivity index (χ3v) is 7.77. The van der Waals surface area contributed by atoms with E-state index in [1.807, 2.05) is 24.3 Å². The summed E-state index contributed by atoms with van der Waals surface area (Å²) in [7, 11) is 1.59. The fourth-order valence-corrected chi connectivity index (χ4v) is 5.91. The molecule has 2 aliphatic rings. The average molecular weight is 510 g/mol. The predicted molar refractivity (Wildman–Crippen MR) is 132 cm³/mol. The highest BCUT2D eigenvalue weighted by molar-refractivity contribution is 6.24. The van der Waals surface area contributed by atoms with Crippen LogP contribution in [0.3, 0.4) is 0 Å². The summed E-state index contributed by atoms with van der Waals surface area (Å²) in [5.41, 5.74) is 5.15. The van der Waals surface area contributed by atoms with Gasteiger partial charge in [-0.15, -0.1) is 0 Å². The molecule has 0 radical (unpaired) electrons. The molecule has 1 amide bonds. The van der Waals surface area contributed by atoms with Crippen LogP contribution in [0.2, 0.25) is 0 Å². The van der Waals surface area contributed by atoms with E-state index in [1.165, 1.54) is 6.07 Å².